The fourth-order valence-corrected chi connectivity index (χ4v) is 3.43. The summed E-state index contributed by atoms with van der Waals surface area (Å²) in [5, 5.41) is 7.27. The van der Waals surface area contributed by atoms with Crippen molar-refractivity contribution in [1.29, 1.82) is 0 Å². The topological polar surface area (TPSA) is 67.5 Å². The van der Waals surface area contributed by atoms with Crippen molar-refractivity contribution in [2.24, 2.45) is 5.92 Å². The molecule has 1 N–H and O–H groups in total. The smallest absolute Gasteiger partial charge is 0.274 e. The third kappa shape index (κ3) is 3.03. The maximum Gasteiger partial charge on any atom is 0.274 e. The van der Waals surface area contributed by atoms with Crippen LogP contribution in [-0.2, 0) is 15.9 Å². The van der Waals surface area contributed by atoms with Gasteiger partial charge in [-0.25, -0.2) is 0 Å². The minimum absolute atomic E-state index is 0.00490. The molecule has 0 aliphatic carbocycles. The largest absolute Gasteiger partial charge is 0.381 e. The minimum atomic E-state index is -0.0337. The number of nitrogens with zero attached hydrogens (tertiary/aromatic N) is 2. The predicted octanol–water partition coefficient (Wildman–Crippen LogP) is 1.93. The van der Waals surface area contributed by atoms with Gasteiger partial charge in [-0.3, -0.25) is 9.89 Å². The number of amides is 1. The van der Waals surface area contributed by atoms with Gasteiger partial charge in [0.2, 0.25) is 0 Å². The minimum Gasteiger partial charge on any atom is -0.381 e. The van der Waals surface area contributed by atoms with Crippen molar-refractivity contribution < 1.29 is 14.3 Å². The normalized spacial score (nSPS) is 25.8. The SMILES string of the molecule is C[C@@H]1Cc2c(C(=O)N(C)CC3CCOCC3)n[nH]c2[C@H](C)O1. The van der Waals surface area contributed by atoms with Crippen molar-refractivity contribution in [3.05, 3.63) is 17.0 Å². The molecule has 122 valence electrons. The first-order valence-corrected chi connectivity index (χ1v) is 8.12. The van der Waals surface area contributed by atoms with Crippen molar-refractivity contribution in [3.8, 4) is 0 Å². The van der Waals surface area contributed by atoms with Gasteiger partial charge in [-0.1, -0.05) is 0 Å². The molecule has 1 aromatic heterocycles. The average Bonchev–Trinajstić information content (AvgIpc) is 2.91. The van der Waals surface area contributed by atoms with Gasteiger partial charge in [0.05, 0.1) is 17.9 Å². The number of H-pyrrole nitrogens is 1. The summed E-state index contributed by atoms with van der Waals surface area (Å²) in [6.45, 7) is 6.40. The van der Waals surface area contributed by atoms with E-state index in [1.165, 1.54) is 0 Å². The number of hydrogen-bond acceptors (Lipinski definition) is 4. The van der Waals surface area contributed by atoms with E-state index in [4.69, 9.17) is 9.47 Å². The molecule has 3 rings (SSSR count). The third-order valence-corrected chi connectivity index (χ3v) is 4.66. The van der Waals surface area contributed by atoms with Gasteiger partial charge < -0.3 is 14.4 Å². The predicted molar refractivity (Wildman–Crippen MR) is 81.8 cm³/mol. The lowest BCUT2D eigenvalue weighted by Crippen LogP contribution is -2.35. The standard InChI is InChI=1S/C16H25N3O3/c1-10-8-13-14(11(2)22-10)17-18-15(13)16(20)19(3)9-12-4-6-21-7-5-12/h10-12H,4-9H2,1-3H3,(H,17,18)/t10-,11+/m1/s1. The molecule has 1 amide bonds. The second-order valence-electron chi connectivity index (χ2n) is 6.50. The summed E-state index contributed by atoms with van der Waals surface area (Å²) in [6, 6.07) is 0. The summed E-state index contributed by atoms with van der Waals surface area (Å²) in [5.41, 5.74) is 2.53. The van der Waals surface area contributed by atoms with Crippen LogP contribution in [0, 0.1) is 5.92 Å². The molecule has 6 nitrogen and oxygen atoms in total. The number of aromatic nitrogens is 2. The van der Waals surface area contributed by atoms with Crippen LogP contribution in [0.3, 0.4) is 0 Å². The summed E-state index contributed by atoms with van der Waals surface area (Å²) in [5.74, 6) is 0.531. The maximum atomic E-state index is 12.7. The average molecular weight is 307 g/mol. The Balaban J connectivity index is 1.72. The Labute approximate surface area is 131 Å². The molecule has 0 bridgehead atoms. The van der Waals surface area contributed by atoms with E-state index in [9.17, 15) is 4.79 Å². The number of aromatic amines is 1. The van der Waals surface area contributed by atoms with Crippen LogP contribution in [0.15, 0.2) is 0 Å². The van der Waals surface area contributed by atoms with E-state index < -0.39 is 0 Å². The van der Waals surface area contributed by atoms with Crippen LogP contribution >= 0.6 is 0 Å². The molecule has 1 saturated heterocycles. The highest BCUT2D eigenvalue weighted by Gasteiger charge is 2.31. The number of nitrogens with one attached hydrogen (secondary N) is 1. The fourth-order valence-electron chi connectivity index (χ4n) is 3.43. The maximum absolute atomic E-state index is 12.7. The zero-order valence-electron chi connectivity index (χ0n) is 13.6. The highest BCUT2D eigenvalue weighted by Crippen LogP contribution is 2.30. The lowest BCUT2D eigenvalue weighted by Gasteiger charge is -2.28. The molecule has 0 radical (unpaired) electrons. The van der Waals surface area contributed by atoms with Crippen molar-refractivity contribution in [2.75, 3.05) is 26.8 Å². The molecular formula is C16H25N3O3. The Morgan fingerprint density at radius 1 is 1.36 bits per heavy atom. The zero-order chi connectivity index (χ0) is 15.7. The molecule has 0 saturated carbocycles. The Hall–Kier alpha value is -1.40. The quantitative estimate of drug-likeness (QED) is 0.926. The molecule has 2 aliphatic rings. The number of ether oxygens (including phenoxy) is 2. The van der Waals surface area contributed by atoms with Gasteiger partial charge in [0, 0.05) is 38.8 Å². The molecular weight excluding hydrogens is 282 g/mol. The van der Waals surface area contributed by atoms with Crippen LogP contribution in [0.4, 0.5) is 0 Å². The van der Waals surface area contributed by atoms with Crippen molar-refractivity contribution in [2.45, 2.75) is 45.3 Å². The summed E-state index contributed by atoms with van der Waals surface area (Å²) < 4.78 is 11.2. The van der Waals surface area contributed by atoms with E-state index >= 15 is 0 Å². The molecule has 3 heterocycles. The van der Waals surface area contributed by atoms with Gasteiger partial charge in [0.15, 0.2) is 5.69 Å². The van der Waals surface area contributed by atoms with Crippen LogP contribution < -0.4 is 0 Å². The van der Waals surface area contributed by atoms with E-state index in [1.807, 2.05) is 20.9 Å². The first-order chi connectivity index (χ1) is 10.6. The monoisotopic (exact) mass is 307 g/mol. The lowest BCUT2D eigenvalue weighted by atomic mass is 9.98. The third-order valence-electron chi connectivity index (χ3n) is 4.66. The van der Waals surface area contributed by atoms with Gasteiger partial charge in [0.25, 0.3) is 5.91 Å². The van der Waals surface area contributed by atoms with Gasteiger partial charge in [-0.2, -0.15) is 5.10 Å². The summed E-state index contributed by atoms with van der Waals surface area (Å²) in [4.78, 5) is 14.5. The first-order valence-electron chi connectivity index (χ1n) is 8.12. The highest BCUT2D eigenvalue weighted by molar-refractivity contribution is 5.94. The van der Waals surface area contributed by atoms with Gasteiger partial charge in [-0.15, -0.1) is 0 Å². The molecule has 0 unspecified atom stereocenters. The van der Waals surface area contributed by atoms with E-state index in [2.05, 4.69) is 10.2 Å². The highest BCUT2D eigenvalue weighted by atomic mass is 16.5. The molecule has 22 heavy (non-hydrogen) atoms. The number of hydrogen-bond donors (Lipinski definition) is 1. The molecule has 1 aromatic rings. The van der Waals surface area contributed by atoms with Crippen molar-refractivity contribution in [1.82, 2.24) is 15.1 Å². The van der Waals surface area contributed by atoms with E-state index in [1.54, 1.807) is 4.90 Å². The van der Waals surface area contributed by atoms with E-state index in [0.717, 1.165) is 50.3 Å². The van der Waals surface area contributed by atoms with Crippen molar-refractivity contribution in [3.63, 3.8) is 0 Å². The first kappa shape index (κ1) is 15.5. The van der Waals surface area contributed by atoms with Crippen LogP contribution in [0.5, 0.6) is 0 Å². The summed E-state index contributed by atoms with van der Waals surface area (Å²) in [6.07, 6.45) is 2.87. The molecule has 0 aromatic carbocycles. The van der Waals surface area contributed by atoms with Gasteiger partial charge in [0.1, 0.15) is 0 Å². The van der Waals surface area contributed by atoms with Gasteiger partial charge in [-0.05, 0) is 32.6 Å². The molecule has 0 spiro atoms. The van der Waals surface area contributed by atoms with Crippen LogP contribution in [0.1, 0.15) is 54.5 Å². The Bertz CT molecular complexity index is 537. The number of carbonyl (C=O) groups is 1. The fraction of sp³-hybridized carbons (Fsp3) is 0.750. The Kier molecular flexibility index (Phi) is 4.49. The Morgan fingerprint density at radius 3 is 2.82 bits per heavy atom. The van der Waals surface area contributed by atoms with E-state index in [-0.39, 0.29) is 18.1 Å². The molecule has 2 atom stereocenters. The van der Waals surface area contributed by atoms with Crippen LogP contribution in [-0.4, -0.2) is 53.9 Å². The summed E-state index contributed by atoms with van der Waals surface area (Å²) in [7, 11) is 1.87. The summed E-state index contributed by atoms with van der Waals surface area (Å²) >= 11 is 0. The van der Waals surface area contributed by atoms with Crippen LogP contribution in [0.2, 0.25) is 0 Å². The second-order valence-corrected chi connectivity index (χ2v) is 6.50. The number of carbonyl (C=O) groups excluding carboxylic acids is 1. The van der Waals surface area contributed by atoms with Crippen LogP contribution in [0.25, 0.3) is 0 Å². The zero-order valence-corrected chi connectivity index (χ0v) is 13.6. The molecule has 6 heteroatoms. The van der Waals surface area contributed by atoms with Gasteiger partial charge >= 0.3 is 0 Å². The van der Waals surface area contributed by atoms with Crippen molar-refractivity contribution >= 4 is 5.91 Å². The number of fused-ring (bicyclic) bond motifs is 1. The second kappa shape index (κ2) is 6.38. The lowest BCUT2D eigenvalue weighted by molar-refractivity contribution is -0.00703. The Morgan fingerprint density at radius 2 is 2.09 bits per heavy atom. The molecule has 2 aliphatic heterocycles. The molecule has 1 fully saturated rings. The van der Waals surface area contributed by atoms with E-state index in [0.29, 0.717) is 11.6 Å². The number of rotatable bonds is 3.